The number of piperidine rings is 1. The van der Waals surface area contributed by atoms with Gasteiger partial charge >= 0.3 is 0 Å². The van der Waals surface area contributed by atoms with Gasteiger partial charge in [-0.2, -0.15) is 5.10 Å². The number of hydrogen-bond donors (Lipinski definition) is 0. The Morgan fingerprint density at radius 2 is 1.83 bits per heavy atom. The quantitative estimate of drug-likeness (QED) is 0.860. The first-order valence-electron chi connectivity index (χ1n) is 8.18. The highest BCUT2D eigenvalue weighted by atomic mass is 16.2. The molecule has 0 N–H and O–H groups in total. The molecule has 0 saturated carbocycles. The molecule has 0 aliphatic carbocycles. The van der Waals surface area contributed by atoms with Crippen LogP contribution < -0.4 is 0 Å². The number of aryl methyl sites for hydroxylation is 2. The average molecular weight is 316 g/mol. The summed E-state index contributed by atoms with van der Waals surface area (Å²) in [5.41, 5.74) is 3.42. The molecule has 0 radical (unpaired) electrons. The standard InChI is InChI=1S/C16H24N6O/c1-12-13(2)19-22(14(12)3)9-6-16(23)20-7-4-15(5-8-20)21-10-17-18-11-21/h10-11,15H,4-9H2,1-3H3. The molecule has 7 heteroatoms. The summed E-state index contributed by atoms with van der Waals surface area (Å²) in [4.78, 5) is 14.4. The van der Waals surface area contributed by atoms with Gasteiger partial charge in [0, 0.05) is 37.8 Å². The van der Waals surface area contributed by atoms with Crippen molar-refractivity contribution >= 4 is 5.91 Å². The summed E-state index contributed by atoms with van der Waals surface area (Å²) in [5, 5.41) is 12.2. The lowest BCUT2D eigenvalue weighted by atomic mass is 10.0. The summed E-state index contributed by atoms with van der Waals surface area (Å²) in [5.74, 6) is 0.220. The molecular formula is C16H24N6O. The minimum Gasteiger partial charge on any atom is -0.342 e. The van der Waals surface area contributed by atoms with Crippen LogP contribution in [0, 0.1) is 20.8 Å². The predicted molar refractivity (Wildman–Crippen MR) is 85.9 cm³/mol. The first kappa shape index (κ1) is 15.7. The van der Waals surface area contributed by atoms with Gasteiger partial charge in [-0.1, -0.05) is 0 Å². The summed E-state index contributed by atoms with van der Waals surface area (Å²) < 4.78 is 3.99. The van der Waals surface area contributed by atoms with Gasteiger partial charge < -0.3 is 9.47 Å². The molecule has 2 aromatic rings. The summed E-state index contributed by atoms with van der Waals surface area (Å²) in [7, 11) is 0. The highest BCUT2D eigenvalue weighted by Crippen LogP contribution is 2.22. The Labute approximate surface area is 136 Å². The first-order valence-corrected chi connectivity index (χ1v) is 8.18. The minimum absolute atomic E-state index is 0.220. The van der Waals surface area contributed by atoms with Crippen molar-refractivity contribution < 1.29 is 4.79 Å². The fourth-order valence-corrected chi connectivity index (χ4v) is 3.17. The largest absolute Gasteiger partial charge is 0.342 e. The lowest BCUT2D eigenvalue weighted by molar-refractivity contribution is -0.132. The van der Waals surface area contributed by atoms with Gasteiger partial charge in [0.1, 0.15) is 12.7 Å². The third-order valence-corrected chi connectivity index (χ3v) is 4.96. The van der Waals surface area contributed by atoms with Crippen LogP contribution in [0.1, 0.15) is 42.3 Å². The van der Waals surface area contributed by atoms with Gasteiger partial charge in [0.2, 0.25) is 5.91 Å². The Kier molecular flexibility index (Phi) is 4.45. The number of likely N-dealkylation sites (tertiary alicyclic amines) is 1. The van der Waals surface area contributed by atoms with Gasteiger partial charge in [-0.3, -0.25) is 9.48 Å². The smallest absolute Gasteiger partial charge is 0.224 e. The Morgan fingerprint density at radius 1 is 1.17 bits per heavy atom. The van der Waals surface area contributed by atoms with Crippen molar-refractivity contribution in [3.05, 3.63) is 29.6 Å². The van der Waals surface area contributed by atoms with Crippen LogP contribution in [0.25, 0.3) is 0 Å². The van der Waals surface area contributed by atoms with Crippen LogP contribution in [-0.2, 0) is 11.3 Å². The fourth-order valence-electron chi connectivity index (χ4n) is 3.17. The molecule has 0 spiro atoms. The van der Waals surface area contributed by atoms with E-state index in [9.17, 15) is 4.79 Å². The monoisotopic (exact) mass is 316 g/mol. The number of rotatable bonds is 4. The molecule has 1 saturated heterocycles. The van der Waals surface area contributed by atoms with Crippen molar-refractivity contribution in [1.29, 1.82) is 0 Å². The first-order chi connectivity index (χ1) is 11.1. The number of carbonyl (C=O) groups is 1. The SMILES string of the molecule is Cc1nn(CCC(=O)N2CCC(n3cnnc3)CC2)c(C)c1C. The number of nitrogens with zero attached hydrogens (tertiary/aromatic N) is 6. The zero-order valence-electron chi connectivity index (χ0n) is 14.1. The maximum Gasteiger partial charge on any atom is 0.224 e. The lowest BCUT2D eigenvalue weighted by Crippen LogP contribution is -2.39. The van der Waals surface area contributed by atoms with E-state index in [1.165, 1.54) is 5.56 Å². The lowest BCUT2D eigenvalue weighted by Gasteiger charge is -2.32. The van der Waals surface area contributed by atoms with E-state index in [4.69, 9.17) is 0 Å². The highest BCUT2D eigenvalue weighted by molar-refractivity contribution is 5.76. The van der Waals surface area contributed by atoms with Crippen molar-refractivity contribution in [2.24, 2.45) is 0 Å². The Morgan fingerprint density at radius 3 is 2.39 bits per heavy atom. The van der Waals surface area contributed by atoms with Gasteiger partial charge in [-0.05, 0) is 39.2 Å². The maximum atomic E-state index is 12.4. The van der Waals surface area contributed by atoms with Crippen LogP contribution in [-0.4, -0.2) is 48.4 Å². The molecule has 0 bridgehead atoms. The molecule has 23 heavy (non-hydrogen) atoms. The molecule has 7 nitrogen and oxygen atoms in total. The highest BCUT2D eigenvalue weighted by Gasteiger charge is 2.23. The third kappa shape index (κ3) is 3.28. The molecule has 3 heterocycles. The van der Waals surface area contributed by atoms with Crippen molar-refractivity contribution in [2.75, 3.05) is 13.1 Å². The Balaban J connectivity index is 1.51. The van der Waals surface area contributed by atoms with Gasteiger partial charge in [-0.25, -0.2) is 0 Å². The molecule has 1 aliphatic heterocycles. The number of aromatic nitrogens is 5. The van der Waals surface area contributed by atoms with E-state index in [1.54, 1.807) is 12.7 Å². The van der Waals surface area contributed by atoms with Crippen molar-refractivity contribution in [2.45, 2.75) is 52.6 Å². The molecule has 2 aromatic heterocycles. The molecule has 124 valence electrons. The zero-order valence-corrected chi connectivity index (χ0v) is 14.1. The molecule has 0 atom stereocenters. The van der Waals surface area contributed by atoms with E-state index in [2.05, 4.69) is 29.1 Å². The predicted octanol–water partition coefficient (Wildman–Crippen LogP) is 1.65. The van der Waals surface area contributed by atoms with Gasteiger partial charge in [0.15, 0.2) is 0 Å². The van der Waals surface area contributed by atoms with Crippen LogP contribution in [0.2, 0.25) is 0 Å². The average Bonchev–Trinajstić information content (AvgIpc) is 3.18. The second-order valence-corrected chi connectivity index (χ2v) is 6.29. The molecule has 3 rings (SSSR count). The van der Waals surface area contributed by atoms with Crippen molar-refractivity contribution in [3.8, 4) is 0 Å². The second-order valence-electron chi connectivity index (χ2n) is 6.29. The number of amides is 1. The summed E-state index contributed by atoms with van der Waals surface area (Å²) in [6.45, 7) is 8.41. The number of carbonyl (C=O) groups excluding carboxylic acids is 1. The van der Waals surface area contributed by atoms with Crippen LogP contribution >= 0.6 is 0 Å². The second kappa shape index (κ2) is 6.52. The summed E-state index contributed by atoms with van der Waals surface area (Å²) >= 11 is 0. The zero-order chi connectivity index (χ0) is 16.4. The van der Waals surface area contributed by atoms with Gasteiger partial charge in [-0.15, -0.1) is 10.2 Å². The van der Waals surface area contributed by atoms with Gasteiger partial charge in [0.05, 0.1) is 5.69 Å². The Bertz CT molecular complexity index is 667. The Hall–Kier alpha value is -2.18. The molecule has 0 aromatic carbocycles. The van der Waals surface area contributed by atoms with E-state index in [-0.39, 0.29) is 5.91 Å². The molecule has 1 aliphatic rings. The van der Waals surface area contributed by atoms with E-state index < -0.39 is 0 Å². The molecular weight excluding hydrogens is 292 g/mol. The van der Waals surface area contributed by atoms with Gasteiger partial charge in [0.25, 0.3) is 0 Å². The van der Waals surface area contributed by atoms with Crippen molar-refractivity contribution in [1.82, 2.24) is 29.4 Å². The fraction of sp³-hybridized carbons (Fsp3) is 0.625. The molecule has 0 unspecified atom stereocenters. The van der Waals surface area contributed by atoms with E-state index >= 15 is 0 Å². The third-order valence-electron chi connectivity index (χ3n) is 4.96. The minimum atomic E-state index is 0.220. The van der Waals surface area contributed by atoms with Crippen molar-refractivity contribution in [3.63, 3.8) is 0 Å². The summed E-state index contributed by atoms with van der Waals surface area (Å²) in [6, 6.07) is 0.410. The van der Waals surface area contributed by atoms with Crippen LogP contribution in [0.15, 0.2) is 12.7 Å². The van der Waals surface area contributed by atoms with E-state index in [0.29, 0.717) is 19.0 Å². The van der Waals surface area contributed by atoms with Crippen LogP contribution in [0.5, 0.6) is 0 Å². The van der Waals surface area contributed by atoms with Crippen LogP contribution in [0.4, 0.5) is 0 Å². The topological polar surface area (TPSA) is 68.8 Å². The van der Waals surface area contributed by atoms with Crippen LogP contribution in [0.3, 0.4) is 0 Å². The molecule has 1 amide bonds. The van der Waals surface area contributed by atoms with E-state index in [0.717, 1.165) is 37.3 Å². The van der Waals surface area contributed by atoms with E-state index in [1.807, 2.05) is 21.1 Å². The number of hydrogen-bond acceptors (Lipinski definition) is 4. The maximum absolute atomic E-state index is 12.4. The molecule has 1 fully saturated rings. The normalized spacial score (nSPS) is 16.0. The summed E-state index contributed by atoms with van der Waals surface area (Å²) in [6.07, 6.45) is 5.95.